The summed E-state index contributed by atoms with van der Waals surface area (Å²) in [7, 11) is 0. The molecule has 7 heteroatoms. The van der Waals surface area contributed by atoms with E-state index in [2.05, 4.69) is 13.0 Å². The molecule has 3 aromatic rings. The summed E-state index contributed by atoms with van der Waals surface area (Å²) < 4.78 is 16.5. The Balaban J connectivity index is 1.35. The Bertz CT molecular complexity index is 1240. The zero-order chi connectivity index (χ0) is 23.1. The molecule has 5 rings (SSSR count). The maximum atomic E-state index is 14.6. The molecule has 0 spiro atoms. The third kappa shape index (κ3) is 3.81. The third-order valence-corrected chi connectivity index (χ3v) is 6.74. The highest BCUT2D eigenvalue weighted by Gasteiger charge is 2.31. The lowest BCUT2D eigenvalue weighted by molar-refractivity contribution is 0.0739. The van der Waals surface area contributed by atoms with Crippen LogP contribution in [0.25, 0.3) is 5.69 Å². The summed E-state index contributed by atoms with van der Waals surface area (Å²) in [4.78, 5) is 28.7. The first-order valence-electron chi connectivity index (χ1n) is 11.5. The largest absolute Gasteiger partial charge is 0.366 e. The van der Waals surface area contributed by atoms with Crippen LogP contribution in [0.1, 0.15) is 51.0 Å². The molecule has 2 heterocycles. The molecule has 0 saturated carbocycles. The molecule has 1 aromatic heterocycles. The Labute approximate surface area is 192 Å². The van der Waals surface area contributed by atoms with Gasteiger partial charge in [-0.2, -0.15) is 5.10 Å². The topological polar surface area (TPSA) is 58.4 Å². The first-order valence-corrected chi connectivity index (χ1v) is 11.5. The van der Waals surface area contributed by atoms with E-state index in [0.717, 1.165) is 41.8 Å². The van der Waals surface area contributed by atoms with Gasteiger partial charge in [0.2, 0.25) is 0 Å². The van der Waals surface area contributed by atoms with E-state index in [9.17, 15) is 14.0 Å². The number of carbonyl (C=O) groups is 2. The molecule has 0 N–H and O–H groups in total. The molecule has 0 bridgehead atoms. The zero-order valence-electron chi connectivity index (χ0n) is 19.0. The molecule has 1 amide bonds. The number of nitrogens with zero attached hydrogens (tertiary/aromatic N) is 4. The quantitative estimate of drug-likeness (QED) is 0.569. The number of aryl methyl sites for hydroxylation is 1. The number of amides is 1. The van der Waals surface area contributed by atoms with E-state index >= 15 is 0 Å². The number of rotatable bonds is 4. The minimum Gasteiger partial charge on any atom is -0.366 e. The van der Waals surface area contributed by atoms with E-state index in [1.54, 1.807) is 12.1 Å². The van der Waals surface area contributed by atoms with Crippen molar-refractivity contribution in [3.63, 3.8) is 0 Å². The van der Waals surface area contributed by atoms with Crippen molar-refractivity contribution >= 4 is 17.4 Å². The number of Topliss-reactive ketones (excluding diaryl/α,β-unsaturated/α-hetero) is 1. The van der Waals surface area contributed by atoms with Crippen molar-refractivity contribution in [2.45, 2.75) is 33.1 Å². The number of para-hydroxylation sites is 1. The van der Waals surface area contributed by atoms with Crippen LogP contribution in [0.5, 0.6) is 0 Å². The van der Waals surface area contributed by atoms with Gasteiger partial charge in [-0.3, -0.25) is 9.59 Å². The fraction of sp³-hybridized carbons (Fsp3) is 0.346. The molecular weight excluding hydrogens is 419 g/mol. The first-order chi connectivity index (χ1) is 15.9. The Morgan fingerprint density at radius 3 is 2.42 bits per heavy atom. The summed E-state index contributed by atoms with van der Waals surface area (Å²) in [6, 6.07) is 12.7. The Kier molecular flexibility index (Phi) is 5.48. The van der Waals surface area contributed by atoms with Crippen molar-refractivity contribution in [1.82, 2.24) is 14.7 Å². The molecule has 1 aliphatic carbocycles. The number of piperazine rings is 1. The van der Waals surface area contributed by atoms with E-state index in [1.165, 1.54) is 13.0 Å². The van der Waals surface area contributed by atoms with Crippen molar-refractivity contribution in [1.29, 1.82) is 0 Å². The van der Waals surface area contributed by atoms with Gasteiger partial charge in [0.15, 0.2) is 11.5 Å². The zero-order valence-corrected chi connectivity index (χ0v) is 19.0. The van der Waals surface area contributed by atoms with E-state index in [4.69, 9.17) is 5.10 Å². The van der Waals surface area contributed by atoms with Crippen molar-refractivity contribution in [3.05, 3.63) is 76.4 Å². The van der Waals surface area contributed by atoms with Crippen LogP contribution in [-0.2, 0) is 12.8 Å². The van der Waals surface area contributed by atoms with Crippen molar-refractivity contribution in [2.75, 3.05) is 31.1 Å². The Morgan fingerprint density at radius 1 is 0.970 bits per heavy atom. The average molecular weight is 447 g/mol. The normalized spacial score (nSPS) is 15.6. The highest BCUT2D eigenvalue weighted by atomic mass is 19.1. The van der Waals surface area contributed by atoms with Gasteiger partial charge in [-0.05, 0) is 62.9 Å². The molecular formula is C26H27FN4O2. The van der Waals surface area contributed by atoms with Gasteiger partial charge in [0.05, 0.1) is 11.4 Å². The maximum absolute atomic E-state index is 14.6. The smallest absolute Gasteiger partial charge is 0.274 e. The van der Waals surface area contributed by atoms with Crippen molar-refractivity contribution in [3.8, 4) is 5.69 Å². The highest BCUT2D eigenvalue weighted by molar-refractivity contribution is 5.95. The summed E-state index contributed by atoms with van der Waals surface area (Å²) in [5.41, 5.74) is 5.73. The number of aromatic nitrogens is 2. The lowest BCUT2D eigenvalue weighted by Crippen LogP contribution is -2.49. The fourth-order valence-electron chi connectivity index (χ4n) is 4.89. The van der Waals surface area contributed by atoms with Crippen LogP contribution in [0, 0.1) is 12.7 Å². The number of carbonyl (C=O) groups excluding carboxylic acids is 2. The molecule has 33 heavy (non-hydrogen) atoms. The van der Waals surface area contributed by atoms with Gasteiger partial charge in [0.25, 0.3) is 5.91 Å². The number of ketones is 1. The highest BCUT2D eigenvalue weighted by Crippen LogP contribution is 2.30. The Morgan fingerprint density at radius 2 is 1.73 bits per heavy atom. The molecule has 1 aliphatic heterocycles. The van der Waals surface area contributed by atoms with Crippen molar-refractivity contribution < 1.29 is 14.0 Å². The number of halogens is 1. The Hall–Kier alpha value is -3.48. The summed E-state index contributed by atoms with van der Waals surface area (Å²) in [5, 5.41) is 4.78. The monoisotopic (exact) mass is 446 g/mol. The van der Waals surface area contributed by atoms with E-state index in [0.29, 0.717) is 43.1 Å². The van der Waals surface area contributed by atoms with Gasteiger partial charge in [0, 0.05) is 43.0 Å². The van der Waals surface area contributed by atoms with Crippen LogP contribution in [0.3, 0.4) is 0 Å². The SMILES string of the molecule is CC(=O)c1ccc(N2CCN(C(=O)c3nn(-c4ccccc4C)c4c3CCC4)CC2)c(F)c1. The number of fused-ring (bicyclic) bond motifs is 1. The van der Waals surface area contributed by atoms with Gasteiger partial charge in [0.1, 0.15) is 5.82 Å². The van der Waals surface area contributed by atoms with Gasteiger partial charge in [-0.1, -0.05) is 18.2 Å². The molecule has 0 radical (unpaired) electrons. The van der Waals surface area contributed by atoms with Crippen LogP contribution < -0.4 is 4.90 Å². The molecule has 2 aromatic carbocycles. The third-order valence-electron chi connectivity index (χ3n) is 6.74. The van der Waals surface area contributed by atoms with Gasteiger partial charge in [-0.15, -0.1) is 0 Å². The number of hydrogen-bond donors (Lipinski definition) is 0. The fourth-order valence-corrected chi connectivity index (χ4v) is 4.89. The van der Waals surface area contributed by atoms with Crippen LogP contribution in [0.15, 0.2) is 42.5 Å². The predicted octanol–water partition coefficient (Wildman–Crippen LogP) is 3.97. The standard InChI is InChI=1S/C26H27FN4O2/c1-17-6-3-4-8-22(17)31-23-9-5-7-20(23)25(28-31)26(33)30-14-12-29(13-15-30)24-11-10-19(18(2)32)16-21(24)27/h3-4,6,8,10-11,16H,5,7,9,12-15H2,1-2H3. The maximum Gasteiger partial charge on any atom is 0.274 e. The summed E-state index contributed by atoms with van der Waals surface area (Å²) in [6.07, 6.45) is 2.83. The van der Waals surface area contributed by atoms with Crippen LogP contribution in [0.2, 0.25) is 0 Å². The summed E-state index contributed by atoms with van der Waals surface area (Å²) in [5.74, 6) is -0.613. The van der Waals surface area contributed by atoms with E-state index < -0.39 is 5.82 Å². The summed E-state index contributed by atoms with van der Waals surface area (Å²) in [6.45, 7) is 5.54. The van der Waals surface area contributed by atoms with E-state index in [1.807, 2.05) is 32.7 Å². The molecule has 1 saturated heterocycles. The second kappa shape index (κ2) is 8.46. The molecule has 2 aliphatic rings. The van der Waals surface area contributed by atoms with Crippen LogP contribution >= 0.6 is 0 Å². The lowest BCUT2D eigenvalue weighted by Gasteiger charge is -2.36. The van der Waals surface area contributed by atoms with Gasteiger partial charge >= 0.3 is 0 Å². The molecule has 170 valence electrons. The first kappa shape index (κ1) is 21.4. The minimum atomic E-state index is -0.405. The number of benzene rings is 2. The average Bonchev–Trinajstić information content (AvgIpc) is 3.42. The van der Waals surface area contributed by atoms with Gasteiger partial charge < -0.3 is 9.80 Å². The van der Waals surface area contributed by atoms with E-state index in [-0.39, 0.29) is 11.7 Å². The second-order valence-electron chi connectivity index (χ2n) is 8.83. The molecule has 0 unspecified atom stereocenters. The number of anilines is 1. The molecule has 0 atom stereocenters. The predicted molar refractivity (Wildman–Crippen MR) is 125 cm³/mol. The van der Waals surface area contributed by atoms with Crippen molar-refractivity contribution in [2.24, 2.45) is 0 Å². The van der Waals surface area contributed by atoms with Crippen LogP contribution in [0.4, 0.5) is 10.1 Å². The molecule has 1 fully saturated rings. The minimum absolute atomic E-state index is 0.0486. The number of hydrogen-bond acceptors (Lipinski definition) is 4. The second-order valence-corrected chi connectivity index (χ2v) is 8.83. The van der Waals surface area contributed by atoms with Crippen LogP contribution in [-0.4, -0.2) is 52.5 Å². The summed E-state index contributed by atoms with van der Waals surface area (Å²) >= 11 is 0. The lowest BCUT2D eigenvalue weighted by atomic mass is 10.1. The van der Waals surface area contributed by atoms with Gasteiger partial charge in [-0.25, -0.2) is 9.07 Å². The molecule has 6 nitrogen and oxygen atoms in total.